The highest BCUT2D eigenvalue weighted by atomic mass is 19.1. The molecule has 3 aromatic heterocycles. The third-order valence-corrected chi connectivity index (χ3v) is 6.30. The fraction of sp³-hybridized carbons (Fsp3) is 0.455. The van der Waals surface area contributed by atoms with Crippen LogP contribution in [-0.2, 0) is 6.42 Å². The van der Waals surface area contributed by atoms with Gasteiger partial charge in [0.25, 0.3) is 0 Å². The lowest BCUT2D eigenvalue weighted by Gasteiger charge is -2.42. The Labute approximate surface area is 203 Å². The first-order valence-corrected chi connectivity index (χ1v) is 11.4. The molecule has 190 valence electrons. The van der Waals surface area contributed by atoms with Crippen LogP contribution in [0.1, 0.15) is 43.2 Å². The summed E-state index contributed by atoms with van der Waals surface area (Å²) in [5.41, 5.74) is 5.25. The van der Waals surface area contributed by atoms with E-state index < -0.39 is 23.1 Å². The maximum Gasteiger partial charge on any atom is 0.318 e. The van der Waals surface area contributed by atoms with Crippen molar-refractivity contribution in [3.05, 3.63) is 35.5 Å². The predicted octanol–water partition coefficient (Wildman–Crippen LogP) is 1.58. The quantitative estimate of drug-likeness (QED) is 0.382. The summed E-state index contributed by atoms with van der Waals surface area (Å²) >= 11 is 0. The van der Waals surface area contributed by atoms with Gasteiger partial charge in [0, 0.05) is 25.6 Å². The number of carbonyl (C=O) groups excluding carboxylic acids is 1. The van der Waals surface area contributed by atoms with Crippen LogP contribution in [0.5, 0.6) is 0 Å². The van der Waals surface area contributed by atoms with Gasteiger partial charge in [-0.05, 0) is 32.8 Å². The first kappa shape index (κ1) is 23.8. The number of halogens is 2. The number of benzene rings is 1. The number of aromatic nitrogens is 6. The van der Waals surface area contributed by atoms with Crippen LogP contribution in [0.15, 0.2) is 16.5 Å². The molecule has 0 spiro atoms. The number of nitrogen functional groups attached to an aromatic ring is 1. The number of hydrogen-bond donors (Lipinski definition) is 2. The number of fused-ring (bicyclic) bond motifs is 3. The van der Waals surface area contributed by atoms with Crippen molar-refractivity contribution in [1.29, 1.82) is 0 Å². The van der Waals surface area contributed by atoms with Crippen LogP contribution in [0.4, 0.5) is 20.7 Å². The van der Waals surface area contributed by atoms with Gasteiger partial charge >= 0.3 is 17.8 Å². The summed E-state index contributed by atoms with van der Waals surface area (Å²) in [5, 5.41) is 22.1. The second kappa shape index (κ2) is 8.62. The SMILES string of the molecule is C[C@@H](CCCc1nc2c3cc(F)cc(F)c3nc(N)n2n1)N(C)C(=O)c1nnc(N2CC(C)(O)C2)o1. The number of rotatable bonds is 7. The Morgan fingerprint density at radius 3 is 2.78 bits per heavy atom. The van der Waals surface area contributed by atoms with Crippen molar-refractivity contribution in [3.8, 4) is 0 Å². The third kappa shape index (κ3) is 4.27. The van der Waals surface area contributed by atoms with E-state index in [0.717, 1.165) is 12.1 Å². The molecule has 0 bridgehead atoms. The molecule has 1 amide bonds. The summed E-state index contributed by atoms with van der Waals surface area (Å²) in [7, 11) is 1.65. The van der Waals surface area contributed by atoms with Gasteiger partial charge in [0.05, 0.1) is 24.1 Å². The summed E-state index contributed by atoms with van der Waals surface area (Å²) < 4.78 is 34.7. The number of anilines is 2. The van der Waals surface area contributed by atoms with E-state index in [4.69, 9.17) is 10.2 Å². The van der Waals surface area contributed by atoms with Gasteiger partial charge in [-0.3, -0.25) is 4.79 Å². The molecule has 14 heteroatoms. The fourth-order valence-corrected chi connectivity index (χ4v) is 4.25. The molecule has 3 N–H and O–H groups in total. The maximum absolute atomic E-state index is 14.1. The monoisotopic (exact) mass is 501 g/mol. The molecule has 36 heavy (non-hydrogen) atoms. The molecule has 0 saturated carbocycles. The molecule has 1 fully saturated rings. The maximum atomic E-state index is 14.1. The summed E-state index contributed by atoms with van der Waals surface area (Å²) in [6.07, 6.45) is 1.69. The highest BCUT2D eigenvalue weighted by molar-refractivity contribution is 5.92. The van der Waals surface area contributed by atoms with E-state index in [2.05, 4.69) is 25.3 Å². The smallest absolute Gasteiger partial charge is 0.318 e. The summed E-state index contributed by atoms with van der Waals surface area (Å²) in [5.74, 6) is -1.72. The summed E-state index contributed by atoms with van der Waals surface area (Å²) in [4.78, 5) is 24.4. The Morgan fingerprint density at radius 2 is 2.06 bits per heavy atom. The number of hydrogen-bond acceptors (Lipinski definition) is 10. The number of carbonyl (C=O) groups is 1. The minimum absolute atomic E-state index is 0.0544. The first-order valence-electron chi connectivity index (χ1n) is 11.4. The molecular weight excluding hydrogens is 476 g/mol. The largest absolute Gasteiger partial charge is 0.399 e. The summed E-state index contributed by atoms with van der Waals surface area (Å²) in [6, 6.07) is 1.93. The zero-order valence-electron chi connectivity index (χ0n) is 19.9. The molecule has 4 aromatic rings. The van der Waals surface area contributed by atoms with Crippen molar-refractivity contribution < 1.29 is 23.1 Å². The Balaban J connectivity index is 1.22. The normalized spacial score (nSPS) is 15.9. The molecule has 1 aromatic carbocycles. The van der Waals surface area contributed by atoms with Gasteiger partial charge < -0.3 is 25.1 Å². The second-order valence-corrected chi connectivity index (χ2v) is 9.42. The molecule has 1 saturated heterocycles. The minimum atomic E-state index is -0.824. The van der Waals surface area contributed by atoms with Crippen LogP contribution in [0.2, 0.25) is 0 Å². The number of nitrogens with zero attached hydrogens (tertiary/aromatic N) is 8. The number of aryl methyl sites for hydroxylation is 1. The van der Waals surface area contributed by atoms with E-state index in [1.807, 2.05) is 6.92 Å². The van der Waals surface area contributed by atoms with Crippen molar-refractivity contribution in [3.63, 3.8) is 0 Å². The summed E-state index contributed by atoms with van der Waals surface area (Å²) in [6.45, 7) is 4.30. The van der Waals surface area contributed by atoms with Crippen molar-refractivity contribution >= 4 is 34.4 Å². The third-order valence-electron chi connectivity index (χ3n) is 6.30. The van der Waals surface area contributed by atoms with E-state index in [9.17, 15) is 18.7 Å². The van der Waals surface area contributed by atoms with Crippen molar-refractivity contribution in [2.24, 2.45) is 0 Å². The Kier molecular flexibility index (Phi) is 5.70. The second-order valence-electron chi connectivity index (χ2n) is 9.42. The highest BCUT2D eigenvalue weighted by Crippen LogP contribution is 2.27. The van der Waals surface area contributed by atoms with Gasteiger partial charge in [-0.1, -0.05) is 5.10 Å². The molecule has 1 aliphatic heterocycles. The molecule has 0 unspecified atom stereocenters. The molecular formula is C22H25F2N9O3. The van der Waals surface area contributed by atoms with E-state index >= 15 is 0 Å². The molecule has 1 atom stereocenters. The molecule has 4 heterocycles. The van der Waals surface area contributed by atoms with Crippen molar-refractivity contribution in [1.82, 2.24) is 34.7 Å². The van der Waals surface area contributed by atoms with E-state index in [1.54, 1.807) is 18.9 Å². The van der Waals surface area contributed by atoms with Gasteiger partial charge in [-0.15, -0.1) is 10.2 Å². The van der Waals surface area contributed by atoms with Gasteiger partial charge in [-0.2, -0.15) is 4.52 Å². The Hall–Kier alpha value is -3.94. The van der Waals surface area contributed by atoms with Crippen LogP contribution >= 0.6 is 0 Å². The van der Waals surface area contributed by atoms with E-state index in [-0.39, 0.29) is 40.4 Å². The fourth-order valence-electron chi connectivity index (χ4n) is 4.25. The minimum Gasteiger partial charge on any atom is -0.399 e. The zero-order chi connectivity index (χ0) is 25.8. The average Bonchev–Trinajstić information content (AvgIpc) is 3.45. The molecule has 12 nitrogen and oxygen atoms in total. The standard InChI is InChI=1S/C22H25F2N9O3/c1-11(31(3)19(34)18-28-29-21(36-18)32-9-22(2,35)10-32)5-4-6-15-26-17-13-7-12(23)8-14(24)16(13)27-20(25)33(17)30-15/h7-8,11,35H,4-6,9-10H2,1-3H3,(H2,25,27)/t11-/m0/s1. The van der Waals surface area contributed by atoms with Gasteiger partial charge in [-0.25, -0.2) is 18.7 Å². The van der Waals surface area contributed by atoms with Crippen LogP contribution < -0.4 is 10.6 Å². The van der Waals surface area contributed by atoms with Crippen LogP contribution in [0.25, 0.3) is 16.6 Å². The van der Waals surface area contributed by atoms with Gasteiger partial charge in [0.2, 0.25) is 5.95 Å². The first-order chi connectivity index (χ1) is 17.0. The molecule has 0 radical (unpaired) electrons. The number of aliphatic hydroxyl groups is 1. The van der Waals surface area contributed by atoms with Crippen LogP contribution in [0, 0.1) is 11.6 Å². The Morgan fingerprint density at radius 1 is 1.31 bits per heavy atom. The van der Waals surface area contributed by atoms with Crippen LogP contribution in [0.3, 0.4) is 0 Å². The average molecular weight is 501 g/mol. The lowest BCUT2D eigenvalue weighted by molar-refractivity contribution is 0.0276. The predicted molar refractivity (Wildman–Crippen MR) is 124 cm³/mol. The number of nitrogens with two attached hydrogens (primary N) is 1. The molecule has 1 aliphatic rings. The topological polar surface area (TPSA) is 152 Å². The van der Waals surface area contributed by atoms with Crippen molar-refractivity contribution in [2.75, 3.05) is 30.8 Å². The lowest BCUT2D eigenvalue weighted by Crippen LogP contribution is -2.60. The molecule has 5 rings (SSSR count). The molecule has 0 aliphatic carbocycles. The highest BCUT2D eigenvalue weighted by Gasteiger charge is 2.39. The van der Waals surface area contributed by atoms with E-state index in [1.165, 1.54) is 9.42 Å². The van der Waals surface area contributed by atoms with E-state index in [0.29, 0.717) is 38.2 Å². The number of amides is 1. The number of β-amino-alcohol motifs (C(OH)–C–C–N with tert-alkyl or cyclic N) is 1. The lowest BCUT2D eigenvalue weighted by atomic mass is 9.98. The van der Waals surface area contributed by atoms with Crippen LogP contribution in [-0.4, -0.2) is 77.5 Å². The zero-order valence-corrected chi connectivity index (χ0v) is 19.9. The van der Waals surface area contributed by atoms with Gasteiger partial charge in [0.1, 0.15) is 11.3 Å². The Bertz CT molecular complexity index is 1460. The van der Waals surface area contributed by atoms with Crippen molar-refractivity contribution in [2.45, 2.75) is 44.8 Å². The van der Waals surface area contributed by atoms with Gasteiger partial charge in [0.15, 0.2) is 17.3 Å².